The van der Waals surface area contributed by atoms with Crippen LogP contribution in [0.5, 0.6) is 0 Å². The molecule has 134 valence electrons. The van der Waals surface area contributed by atoms with Gasteiger partial charge in [-0.15, -0.1) is 0 Å². The van der Waals surface area contributed by atoms with Gasteiger partial charge < -0.3 is 0 Å². The predicted molar refractivity (Wildman–Crippen MR) is 109 cm³/mol. The van der Waals surface area contributed by atoms with Crippen molar-refractivity contribution >= 4 is 38.3 Å². The summed E-state index contributed by atoms with van der Waals surface area (Å²) in [7, 11) is 0. The Balaban J connectivity index is 1.87. The summed E-state index contributed by atoms with van der Waals surface area (Å²) in [5.74, 6) is -0.246. The third kappa shape index (κ3) is 3.31. The van der Waals surface area contributed by atoms with Gasteiger partial charge in [0, 0.05) is 6.20 Å². The van der Waals surface area contributed by atoms with Gasteiger partial charge in [0.2, 0.25) is 0 Å². The van der Waals surface area contributed by atoms with Crippen molar-refractivity contribution in [1.82, 2.24) is 15.0 Å². The maximum absolute atomic E-state index is 13.3. The standard InChI is InChI=1S/C21H18N4OS/c1-13-8-9-16(10-14(13)2)25(20(26)18-12-22-15(3)11-23-18)21-24-17-6-4-5-7-19(17)27-21/h4-12H,1-3H3. The highest BCUT2D eigenvalue weighted by atomic mass is 32.1. The van der Waals surface area contributed by atoms with E-state index in [1.165, 1.54) is 23.1 Å². The van der Waals surface area contributed by atoms with Gasteiger partial charge in [-0.05, 0) is 56.2 Å². The van der Waals surface area contributed by atoms with Crippen LogP contribution in [0.15, 0.2) is 54.9 Å². The SMILES string of the molecule is Cc1cnc(C(=O)N(c2ccc(C)c(C)c2)c2nc3ccccc3s2)cn1. The van der Waals surface area contributed by atoms with Crippen molar-refractivity contribution in [1.29, 1.82) is 0 Å². The number of benzene rings is 2. The van der Waals surface area contributed by atoms with Gasteiger partial charge in [-0.3, -0.25) is 14.7 Å². The van der Waals surface area contributed by atoms with Crippen LogP contribution in [0, 0.1) is 20.8 Å². The normalized spacial score (nSPS) is 10.9. The molecule has 0 N–H and O–H groups in total. The molecule has 2 aromatic heterocycles. The molecule has 5 nitrogen and oxygen atoms in total. The van der Waals surface area contributed by atoms with Crippen molar-refractivity contribution in [2.24, 2.45) is 0 Å². The lowest BCUT2D eigenvalue weighted by molar-refractivity contribution is 0.0994. The van der Waals surface area contributed by atoms with Crippen molar-refractivity contribution in [3.05, 3.63) is 77.4 Å². The highest BCUT2D eigenvalue weighted by molar-refractivity contribution is 7.22. The quantitative estimate of drug-likeness (QED) is 0.507. The number of aryl methyl sites for hydroxylation is 3. The first-order valence-corrected chi connectivity index (χ1v) is 9.40. The first-order valence-electron chi connectivity index (χ1n) is 8.59. The molecular weight excluding hydrogens is 356 g/mol. The zero-order valence-electron chi connectivity index (χ0n) is 15.3. The van der Waals surface area contributed by atoms with E-state index in [1.54, 1.807) is 11.1 Å². The van der Waals surface area contributed by atoms with Crippen LogP contribution in [-0.4, -0.2) is 20.9 Å². The van der Waals surface area contributed by atoms with Gasteiger partial charge in [-0.2, -0.15) is 0 Å². The van der Waals surface area contributed by atoms with Crippen molar-refractivity contribution in [2.75, 3.05) is 4.90 Å². The summed E-state index contributed by atoms with van der Waals surface area (Å²) in [6, 6.07) is 13.8. The Morgan fingerprint density at radius 3 is 2.48 bits per heavy atom. The second-order valence-corrected chi connectivity index (χ2v) is 7.43. The topological polar surface area (TPSA) is 59.0 Å². The average molecular weight is 374 g/mol. The number of hydrogen-bond donors (Lipinski definition) is 0. The number of thiazole rings is 1. The molecule has 2 heterocycles. The minimum absolute atomic E-state index is 0.246. The molecule has 0 bridgehead atoms. The number of carbonyl (C=O) groups excluding carboxylic acids is 1. The fraction of sp³-hybridized carbons (Fsp3) is 0.143. The van der Waals surface area contributed by atoms with Crippen LogP contribution in [0.3, 0.4) is 0 Å². The largest absolute Gasteiger partial charge is 0.284 e. The molecule has 0 aliphatic rings. The fourth-order valence-corrected chi connectivity index (χ4v) is 3.74. The minimum atomic E-state index is -0.246. The lowest BCUT2D eigenvalue weighted by atomic mass is 10.1. The zero-order chi connectivity index (χ0) is 19.0. The minimum Gasteiger partial charge on any atom is -0.266 e. The van der Waals surface area contributed by atoms with E-state index in [0.717, 1.165) is 27.2 Å². The number of carbonyl (C=O) groups is 1. The third-order valence-corrected chi connectivity index (χ3v) is 5.45. The molecular formula is C21H18N4OS. The van der Waals surface area contributed by atoms with Crippen LogP contribution in [0.4, 0.5) is 10.8 Å². The second-order valence-electron chi connectivity index (χ2n) is 6.42. The second kappa shape index (κ2) is 6.89. The van der Waals surface area contributed by atoms with Crippen molar-refractivity contribution in [3.8, 4) is 0 Å². The summed E-state index contributed by atoms with van der Waals surface area (Å²) in [6.07, 6.45) is 3.11. The number of amides is 1. The Morgan fingerprint density at radius 1 is 0.963 bits per heavy atom. The summed E-state index contributed by atoms with van der Waals surface area (Å²) in [6.45, 7) is 5.93. The average Bonchev–Trinajstić information content (AvgIpc) is 3.09. The summed E-state index contributed by atoms with van der Waals surface area (Å²) in [5, 5.41) is 0.617. The van der Waals surface area contributed by atoms with E-state index < -0.39 is 0 Å². The van der Waals surface area contributed by atoms with Crippen molar-refractivity contribution in [3.63, 3.8) is 0 Å². The molecule has 1 amide bonds. The Labute approximate surface area is 161 Å². The number of anilines is 2. The first kappa shape index (κ1) is 17.3. The van der Waals surface area contributed by atoms with E-state index in [4.69, 9.17) is 0 Å². The molecule has 0 fully saturated rings. The van der Waals surface area contributed by atoms with Gasteiger partial charge in [0.25, 0.3) is 5.91 Å². The molecule has 4 aromatic rings. The molecule has 0 atom stereocenters. The molecule has 2 aromatic carbocycles. The van der Waals surface area contributed by atoms with Crippen LogP contribution in [0.2, 0.25) is 0 Å². The maximum Gasteiger partial charge on any atom is 0.284 e. The van der Waals surface area contributed by atoms with E-state index in [0.29, 0.717) is 5.13 Å². The molecule has 27 heavy (non-hydrogen) atoms. The first-order chi connectivity index (χ1) is 13.0. The molecule has 4 rings (SSSR count). The molecule has 6 heteroatoms. The van der Waals surface area contributed by atoms with Crippen LogP contribution in [0.25, 0.3) is 10.2 Å². The van der Waals surface area contributed by atoms with Gasteiger partial charge >= 0.3 is 0 Å². The summed E-state index contributed by atoms with van der Waals surface area (Å²) >= 11 is 1.48. The van der Waals surface area contributed by atoms with E-state index in [1.807, 2.05) is 56.3 Å². The maximum atomic E-state index is 13.3. The van der Waals surface area contributed by atoms with E-state index in [2.05, 4.69) is 21.9 Å². The molecule has 0 aliphatic heterocycles. The van der Waals surface area contributed by atoms with Crippen molar-refractivity contribution < 1.29 is 4.79 Å². The molecule has 0 saturated carbocycles. The van der Waals surface area contributed by atoms with E-state index >= 15 is 0 Å². The van der Waals surface area contributed by atoms with Gasteiger partial charge in [-0.25, -0.2) is 9.97 Å². The molecule has 0 unspecified atom stereocenters. The Kier molecular flexibility index (Phi) is 4.41. The van der Waals surface area contributed by atoms with Gasteiger partial charge in [0.15, 0.2) is 5.13 Å². The number of hydrogen-bond acceptors (Lipinski definition) is 5. The fourth-order valence-electron chi connectivity index (χ4n) is 2.75. The Bertz CT molecular complexity index is 1100. The Morgan fingerprint density at radius 2 is 1.78 bits per heavy atom. The Hall–Kier alpha value is -3.12. The number of fused-ring (bicyclic) bond motifs is 1. The monoisotopic (exact) mass is 374 g/mol. The number of aromatic nitrogens is 3. The number of nitrogens with zero attached hydrogens (tertiary/aromatic N) is 4. The van der Waals surface area contributed by atoms with Gasteiger partial charge in [0.05, 0.1) is 27.8 Å². The van der Waals surface area contributed by atoms with E-state index in [-0.39, 0.29) is 11.6 Å². The van der Waals surface area contributed by atoms with Crippen LogP contribution < -0.4 is 4.90 Å². The summed E-state index contributed by atoms with van der Waals surface area (Å²) in [4.78, 5) is 28.1. The van der Waals surface area contributed by atoms with Crippen LogP contribution >= 0.6 is 11.3 Å². The zero-order valence-corrected chi connectivity index (χ0v) is 16.1. The summed E-state index contributed by atoms with van der Waals surface area (Å²) < 4.78 is 1.03. The third-order valence-electron chi connectivity index (χ3n) is 4.43. The molecule has 0 spiro atoms. The summed E-state index contributed by atoms with van der Waals surface area (Å²) in [5.41, 5.74) is 4.98. The smallest absolute Gasteiger partial charge is 0.266 e. The highest BCUT2D eigenvalue weighted by Gasteiger charge is 2.24. The van der Waals surface area contributed by atoms with Gasteiger partial charge in [-0.1, -0.05) is 29.5 Å². The lowest BCUT2D eigenvalue weighted by Gasteiger charge is -2.20. The van der Waals surface area contributed by atoms with Gasteiger partial charge in [0.1, 0.15) is 5.69 Å². The molecule has 0 saturated heterocycles. The van der Waals surface area contributed by atoms with Crippen molar-refractivity contribution in [2.45, 2.75) is 20.8 Å². The van der Waals surface area contributed by atoms with E-state index in [9.17, 15) is 4.79 Å². The molecule has 0 aliphatic carbocycles. The number of para-hydroxylation sites is 1. The predicted octanol–water partition coefficient (Wildman–Crippen LogP) is 4.99. The molecule has 0 radical (unpaired) electrons. The number of rotatable bonds is 3. The van der Waals surface area contributed by atoms with Crippen LogP contribution in [0.1, 0.15) is 27.3 Å². The van der Waals surface area contributed by atoms with Crippen LogP contribution in [-0.2, 0) is 0 Å². The lowest BCUT2D eigenvalue weighted by Crippen LogP contribution is -2.27. The highest BCUT2D eigenvalue weighted by Crippen LogP contribution is 2.35.